The van der Waals surface area contributed by atoms with Gasteiger partial charge in [-0.15, -0.1) is 11.3 Å². The highest BCUT2D eigenvalue weighted by molar-refractivity contribution is 7.17. The van der Waals surface area contributed by atoms with Crippen molar-refractivity contribution >= 4 is 33.5 Å². The van der Waals surface area contributed by atoms with Gasteiger partial charge in [0.2, 0.25) is 0 Å². The highest BCUT2D eigenvalue weighted by Gasteiger charge is 2.25. The number of ether oxygens (including phenoxy) is 2. The molecule has 0 aliphatic heterocycles. The van der Waals surface area contributed by atoms with Crippen molar-refractivity contribution in [2.45, 2.75) is 52.5 Å². The number of rotatable bonds is 9. The number of hydrogen-bond donors (Lipinski definition) is 0. The van der Waals surface area contributed by atoms with E-state index >= 15 is 0 Å². The lowest BCUT2D eigenvalue weighted by atomic mass is 10.2. The summed E-state index contributed by atoms with van der Waals surface area (Å²) in [7, 11) is 0. The number of carbonyl (C=O) groups excluding carboxylic acids is 2. The molecule has 142 valence electrons. The summed E-state index contributed by atoms with van der Waals surface area (Å²) in [6.07, 6.45) is 4.10. The predicted molar refractivity (Wildman–Crippen MR) is 99.6 cm³/mol. The summed E-state index contributed by atoms with van der Waals surface area (Å²) in [4.78, 5) is 42.2. The van der Waals surface area contributed by atoms with Gasteiger partial charge in [0.1, 0.15) is 10.9 Å². The van der Waals surface area contributed by atoms with Crippen molar-refractivity contribution in [3.05, 3.63) is 27.6 Å². The summed E-state index contributed by atoms with van der Waals surface area (Å²) >= 11 is 1.20. The minimum Gasteiger partial charge on any atom is -0.464 e. The summed E-state index contributed by atoms with van der Waals surface area (Å²) in [5.41, 5.74) is -0.233. The van der Waals surface area contributed by atoms with Crippen LogP contribution in [0.4, 0.5) is 0 Å². The Hall–Kier alpha value is -2.22. The Balaban J connectivity index is 2.39. The van der Waals surface area contributed by atoms with E-state index in [1.165, 1.54) is 22.2 Å². The van der Waals surface area contributed by atoms with E-state index in [4.69, 9.17) is 9.47 Å². The first kappa shape index (κ1) is 20.1. The Labute approximate surface area is 155 Å². The second-order valence-corrected chi connectivity index (χ2v) is 6.73. The van der Waals surface area contributed by atoms with Gasteiger partial charge in [0.25, 0.3) is 5.56 Å². The van der Waals surface area contributed by atoms with Gasteiger partial charge in [-0.2, -0.15) is 0 Å². The summed E-state index contributed by atoms with van der Waals surface area (Å²) in [6.45, 7) is 6.30. The predicted octanol–water partition coefficient (Wildman–Crippen LogP) is 3.32. The molecule has 1 unspecified atom stereocenters. The second kappa shape index (κ2) is 9.47. The number of carbonyl (C=O) groups is 2. The van der Waals surface area contributed by atoms with E-state index in [2.05, 4.69) is 4.98 Å². The zero-order valence-corrected chi connectivity index (χ0v) is 16.1. The van der Waals surface area contributed by atoms with Crippen LogP contribution in [0.3, 0.4) is 0 Å². The summed E-state index contributed by atoms with van der Waals surface area (Å²) in [5, 5.41) is 1.77. The van der Waals surface area contributed by atoms with Crippen molar-refractivity contribution in [2.24, 2.45) is 0 Å². The zero-order chi connectivity index (χ0) is 19.1. The van der Waals surface area contributed by atoms with Crippen LogP contribution >= 0.6 is 11.3 Å². The maximum atomic E-state index is 12.9. The first-order valence-electron chi connectivity index (χ1n) is 8.87. The molecule has 0 saturated carbocycles. The molecule has 1 atom stereocenters. The van der Waals surface area contributed by atoms with Crippen LogP contribution in [0.2, 0.25) is 0 Å². The van der Waals surface area contributed by atoms with Crippen molar-refractivity contribution in [1.82, 2.24) is 9.55 Å². The van der Waals surface area contributed by atoms with Gasteiger partial charge in [0, 0.05) is 5.38 Å². The highest BCUT2D eigenvalue weighted by atomic mass is 32.1. The van der Waals surface area contributed by atoms with Crippen LogP contribution in [0.15, 0.2) is 16.5 Å². The van der Waals surface area contributed by atoms with Crippen molar-refractivity contribution in [3.63, 3.8) is 0 Å². The average molecular weight is 380 g/mol. The van der Waals surface area contributed by atoms with Crippen molar-refractivity contribution in [3.8, 4) is 0 Å². The standard InChI is InChI=1S/C18H24N2O5S/c1-4-7-9-25-17(22)12-10-26-15-14(12)16(21)20(11-19-15)13(6-3)18(23)24-8-5-2/h10-11,13H,4-9H2,1-3H3. The number of nitrogens with zero attached hydrogens (tertiary/aromatic N) is 2. The van der Waals surface area contributed by atoms with E-state index in [1.807, 2.05) is 13.8 Å². The van der Waals surface area contributed by atoms with Crippen LogP contribution in [-0.4, -0.2) is 34.7 Å². The molecule has 8 heteroatoms. The molecule has 2 heterocycles. The maximum absolute atomic E-state index is 12.9. The molecular weight excluding hydrogens is 356 g/mol. The van der Waals surface area contributed by atoms with E-state index in [0.29, 0.717) is 30.9 Å². The van der Waals surface area contributed by atoms with E-state index in [1.54, 1.807) is 12.3 Å². The molecule has 0 radical (unpaired) electrons. The quantitative estimate of drug-likeness (QED) is 0.490. The molecule has 0 bridgehead atoms. The number of aromatic nitrogens is 2. The van der Waals surface area contributed by atoms with Gasteiger partial charge in [-0.1, -0.05) is 27.2 Å². The smallest absolute Gasteiger partial charge is 0.339 e. The first-order valence-corrected chi connectivity index (χ1v) is 9.75. The SMILES string of the molecule is CCCCOC(=O)c1csc2ncn(C(CC)C(=O)OCCC)c(=O)c12. The third-order valence-corrected chi connectivity index (χ3v) is 4.80. The fraction of sp³-hybridized carbons (Fsp3) is 0.556. The molecule has 0 amide bonds. The number of fused-ring (bicyclic) bond motifs is 1. The van der Waals surface area contributed by atoms with Gasteiger partial charge in [0.15, 0.2) is 0 Å². The van der Waals surface area contributed by atoms with Crippen LogP contribution < -0.4 is 5.56 Å². The van der Waals surface area contributed by atoms with Crippen LogP contribution in [0, 0.1) is 0 Å². The van der Waals surface area contributed by atoms with Crippen LogP contribution in [0.25, 0.3) is 10.2 Å². The van der Waals surface area contributed by atoms with Gasteiger partial charge >= 0.3 is 11.9 Å². The topological polar surface area (TPSA) is 87.5 Å². The normalized spacial score (nSPS) is 12.1. The van der Waals surface area contributed by atoms with Crippen molar-refractivity contribution < 1.29 is 19.1 Å². The molecule has 0 saturated heterocycles. The third kappa shape index (κ3) is 4.30. The largest absolute Gasteiger partial charge is 0.464 e. The molecule has 2 aromatic rings. The Morgan fingerprint density at radius 2 is 1.96 bits per heavy atom. The number of unbranched alkanes of at least 4 members (excludes halogenated alkanes) is 1. The maximum Gasteiger partial charge on any atom is 0.339 e. The molecule has 0 fully saturated rings. The lowest BCUT2D eigenvalue weighted by Crippen LogP contribution is -2.31. The zero-order valence-electron chi connectivity index (χ0n) is 15.3. The van der Waals surface area contributed by atoms with Crippen molar-refractivity contribution in [1.29, 1.82) is 0 Å². The first-order chi connectivity index (χ1) is 12.5. The molecule has 0 N–H and O–H groups in total. The molecule has 2 rings (SSSR count). The van der Waals surface area contributed by atoms with Crippen LogP contribution in [-0.2, 0) is 14.3 Å². The van der Waals surface area contributed by atoms with Gasteiger partial charge in [-0.25, -0.2) is 14.6 Å². The number of esters is 2. The lowest BCUT2D eigenvalue weighted by molar-refractivity contribution is -0.147. The Bertz CT molecular complexity index is 827. The molecule has 0 spiro atoms. The summed E-state index contributed by atoms with van der Waals surface area (Å²) in [5.74, 6) is -1.01. The number of hydrogen-bond acceptors (Lipinski definition) is 7. The lowest BCUT2D eigenvalue weighted by Gasteiger charge is -2.16. The second-order valence-electron chi connectivity index (χ2n) is 5.87. The van der Waals surface area contributed by atoms with Gasteiger partial charge in [-0.05, 0) is 19.3 Å². The number of thiophene rings is 1. The minimum atomic E-state index is -0.769. The molecular formula is C18H24N2O5S. The monoisotopic (exact) mass is 380 g/mol. The van der Waals surface area contributed by atoms with Gasteiger partial charge < -0.3 is 9.47 Å². The summed E-state index contributed by atoms with van der Waals surface area (Å²) in [6, 6.07) is -0.769. The van der Waals surface area contributed by atoms with Crippen LogP contribution in [0.5, 0.6) is 0 Å². The van der Waals surface area contributed by atoms with E-state index < -0.39 is 23.5 Å². The fourth-order valence-corrected chi connectivity index (χ4v) is 3.35. The Morgan fingerprint density at radius 1 is 1.19 bits per heavy atom. The minimum absolute atomic E-state index is 0.195. The van der Waals surface area contributed by atoms with E-state index in [-0.39, 0.29) is 10.9 Å². The molecule has 2 aromatic heterocycles. The Morgan fingerprint density at radius 3 is 2.62 bits per heavy atom. The molecule has 0 aromatic carbocycles. The summed E-state index contributed by atoms with van der Waals surface area (Å²) < 4.78 is 11.6. The molecule has 0 aliphatic carbocycles. The van der Waals surface area contributed by atoms with E-state index in [9.17, 15) is 14.4 Å². The molecule has 7 nitrogen and oxygen atoms in total. The van der Waals surface area contributed by atoms with Crippen molar-refractivity contribution in [2.75, 3.05) is 13.2 Å². The van der Waals surface area contributed by atoms with Gasteiger partial charge in [-0.3, -0.25) is 9.36 Å². The molecule has 0 aliphatic rings. The Kier molecular flexibility index (Phi) is 7.32. The van der Waals surface area contributed by atoms with E-state index in [0.717, 1.165) is 12.8 Å². The average Bonchev–Trinajstić information content (AvgIpc) is 3.07. The van der Waals surface area contributed by atoms with Crippen LogP contribution in [0.1, 0.15) is 62.9 Å². The third-order valence-electron chi connectivity index (χ3n) is 3.91. The fourth-order valence-electron chi connectivity index (χ4n) is 2.48. The van der Waals surface area contributed by atoms with Gasteiger partial charge in [0.05, 0.1) is 30.5 Å². The highest BCUT2D eigenvalue weighted by Crippen LogP contribution is 2.23. The molecule has 26 heavy (non-hydrogen) atoms.